The summed E-state index contributed by atoms with van der Waals surface area (Å²) in [6.07, 6.45) is 8.80. The fraction of sp³-hybridized carbons (Fsp3) is 0.450. The molecule has 2 aliphatic rings. The van der Waals surface area contributed by atoms with E-state index in [0.717, 1.165) is 31.6 Å². The van der Waals surface area contributed by atoms with E-state index >= 15 is 0 Å². The summed E-state index contributed by atoms with van der Waals surface area (Å²) in [5, 5.41) is 4.16. The molecule has 0 atom stereocenters. The standard InChI is InChI=1S/C20H23N7O2/c1-13-23-17(25-20(2)3-4-20)16-15(11-29-18(16)24-13)19(28)27-7-5-26(6-8-27)14-9-21-12-22-10-14/h9-12H,3-8H2,1-2H3,(H,23,24,25). The number of nitrogens with zero attached hydrogens (tertiary/aromatic N) is 6. The topological polar surface area (TPSA) is 100 Å². The number of hydrogen-bond donors (Lipinski definition) is 1. The Morgan fingerprint density at radius 1 is 1.14 bits per heavy atom. The van der Waals surface area contributed by atoms with Gasteiger partial charge in [0.05, 0.1) is 29.0 Å². The number of hydrogen-bond acceptors (Lipinski definition) is 8. The molecule has 5 rings (SSSR count). The number of carbonyl (C=O) groups excluding carboxylic acids is 1. The lowest BCUT2D eigenvalue weighted by atomic mass is 10.1. The van der Waals surface area contributed by atoms with E-state index in [2.05, 4.69) is 37.1 Å². The van der Waals surface area contributed by atoms with E-state index in [-0.39, 0.29) is 11.4 Å². The molecule has 0 aromatic carbocycles. The third kappa shape index (κ3) is 3.37. The first-order valence-corrected chi connectivity index (χ1v) is 9.86. The van der Waals surface area contributed by atoms with Crippen molar-refractivity contribution in [3.63, 3.8) is 0 Å². The molecule has 1 aliphatic heterocycles. The Morgan fingerprint density at radius 2 is 1.86 bits per heavy atom. The van der Waals surface area contributed by atoms with Crippen molar-refractivity contribution in [1.82, 2.24) is 24.8 Å². The third-order valence-corrected chi connectivity index (χ3v) is 5.67. The quantitative estimate of drug-likeness (QED) is 0.720. The highest BCUT2D eigenvalue weighted by molar-refractivity contribution is 6.09. The Hall–Kier alpha value is -3.23. The number of rotatable bonds is 4. The minimum absolute atomic E-state index is 0.0364. The van der Waals surface area contributed by atoms with Gasteiger partial charge in [-0.3, -0.25) is 4.79 Å². The summed E-state index contributed by atoms with van der Waals surface area (Å²) < 4.78 is 5.64. The molecule has 2 fully saturated rings. The maximum absolute atomic E-state index is 13.3. The number of aryl methyl sites for hydroxylation is 1. The molecule has 9 nitrogen and oxygen atoms in total. The van der Waals surface area contributed by atoms with Crippen molar-refractivity contribution < 1.29 is 9.21 Å². The summed E-state index contributed by atoms with van der Waals surface area (Å²) in [5.74, 6) is 1.25. The summed E-state index contributed by atoms with van der Waals surface area (Å²) in [7, 11) is 0. The van der Waals surface area contributed by atoms with Gasteiger partial charge in [0.25, 0.3) is 5.91 Å². The Bertz CT molecular complexity index is 1050. The highest BCUT2D eigenvalue weighted by Gasteiger charge is 2.38. The molecule has 1 amide bonds. The maximum Gasteiger partial charge on any atom is 0.258 e. The van der Waals surface area contributed by atoms with Crippen LogP contribution in [0, 0.1) is 6.92 Å². The summed E-state index contributed by atoms with van der Waals surface area (Å²) >= 11 is 0. The third-order valence-electron chi connectivity index (χ3n) is 5.67. The van der Waals surface area contributed by atoms with Crippen LogP contribution in [0.15, 0.2) is 29.4 Å². The average Bonchev–Trinajstić information content (AvgIpc) is 3.30. The van der Waals surface area contributed by atoms with E-state index in [9.17, 15) is 4.79 Å². The van der Waals surface area contributed by atoms with Gasteiger partial charge in [-0.1, -0.05) is 0 Å². The number of carbonyl (C=O) groups is 1. The summed E-state index contributed by atoms with van der Waals surface area (Å²) in [6, 6.07) is 0. The minimum atomic E-state index is -0.0517. The van der Waals surface area contributed by atoms with Crippen LogP contribution in [0.4, 0.5) is 11.5 Å². The SMILES string of the molecule is Cc1nc(NC2(C)CC2)c2c(C(=O)N3CCN(c4cncnc4)CC3)coc2n1. The fourth-order valence-electron chi connectivity index (χ4n) is 3.69. The van der Waals surface area contributed by atoms with Crippen LogP contribution in [0.1, 0.15) is 35.9 Å². The van der Waals surface area contributed by atoms with E-state index in [1.54, 1.807) is 12.4 Å². The number of anilines is 2. The number of amides is 1. The van der Waals surface area contributed by atoms with Gasteiger partial charge in [-0.05, 0) is 26.7 Å². The number of aromatic nitrogens is 4. The van der Waals surface area contributed by atoms with Gasteiger partial charge in [0, 0.05) is 31.7 Å². The van der Waals surface area contributed by atoms with Gasteiger partial charge in [-0.15, -0.1) is 0 Å². The van der Waals surface area contributed by atoms with Crippen molar-refractivity contribution in [3.8, 4) is 0 Å². The van der Waals surface area contributed by atoms with E-state index in [4.69, 9.17) is 4.42 Å². The highest BCUT2D eigenvalue weighted by Crippen LogP contribution is 2.40. The van der Waals surface area contributed by atoms with Gasteiger partial charge in [0.2, 0.25) is 5.71 Å². The molecule has 3 aromatic rings. The number of fused-ring (bicyclic) bond motifs is 1. The molecule has 0 unspecified atom stereocenters. The van der Waals surface area contributed by atoms with Crippen molar-refractivity contribution in [2.75, 3.05) is 36.4 Å². The Labute approximate surface area is 168 Å². The lowest BCUT2D eigenvalue weighted by Crippen LogP contribution is -2.48. The predicted octanol–water partition coefficient (Wildman–Crippen LogP) is 2.25. The number of piperazine rings is 1. The molecule has 9 heteroatoms. The second-order valence-electron chi connectivity index (χ2n) is 8.01. The Kier molecular flexibility index (Phi) is 4.11. The van der Waals surface area contributed by atoms with Crippen LogP contribution in [-0.2, 0) is 0 Å². The molecular formula is C20H23N7O2. The Balaban J connectivity index is 1.39. The van der Waals surface area contributed by atoms with Crippen LogP contribution in [-0.4, -0.2) is 62.5 Å². The van der Waals surface area contributed by atoms with Crippen molar-refractivity contribution in [2.24, 2.45) is 0 Å². The van der Waals surface area contributed by atoms with Crippen LogP contribution < -0.4 is 10.2 Å². The number of furan rings is 1. The van der Waals surface area contributed by atoms with Gasteiger partial charge < -0.3 is 19.5 Å². The molecule has 1 saturated heterocycles. The predicted molar refractivity (Wildman–Crippen MR) is 108 cm³/mol. The van der Waals surface area contributed by atoms with Crippen LogP contribution in [0.2, 0.25) is 0 Å². The first kappa shape index (κ1) is 17.8. The minimum Gasteiger partial charge on any atom is -0.445 e. The van der Waals surface area contributed by atoms with Crippen molar-refractivity contribution in [3.05, 3.63) is 36.4 Å². The van der Waals surface area contributed by atoms with Crippen LogP contribution in [0.5, 0.6) is 0 Å². The smallest absolute Gasteiger partial charge is 0.258 e. The molecule has 0 spiro atoms. The van der Waals surface area contributed by atoms with Gasteiger partial charge in [-0.2, -0.15) is 4.98 Å². The zero-order valence-corrected chi connectivity index (χ0v) is 16.6. The molecule has 1 aliphatic carbocycles. The lowest BCUT2D eigenvalue weighted by molar-refractivity contribution is 0.0747. The summed E-state index contributed by atoms with van der Waals surface area (Å²) in [6.45, 7) is 6.68. The Morgan fingerprint density at radius 3 is 2.55 bits per heavy atom. The van der Waals surface area contributed by atoms with Crippen LogP contribution in [0.3, 0.4) is 0 Å². The van der Waals surface area contributed by atoms with Crippen LogP contribution >= 0.6 is 0 Å². The summed E-state index contributed by atoms with van der Waals surface area (Å²) in [5.41, 5.74) is 1.98. The van der Waals surface area contributed by atoms with Crippen LogP contribution in [0.25, 0.3) is 11.1 Å². The molecular weight excluding hydrogens is 370 g/mol. The van der Waals surface area contributed by atoms with Crippen molar-refractivity contribution in [2.45, 2.75) is 32.2 Å². The molecule has 3 aromatic heterocycles. The van der Waals surface area contributed by atoms with Gasteiger partial charge in [0.15, 0.2) is 0 Å². The molecule has 4 heterocycles. The lowest BCUT2D eigenvalue weighted by Gasteiger charge is -2.35. The van der Waals surface area contributed by atoms with E-state index in [1.165, 1.54) is 12.6 Å². The van der Waals surface area contributed by atoms with Crippen molar-refractivity contribution in [1.29, 1.82) is 0 Å². The van der Waals surface area contributed by atoms with E-state index in [0.29, 0.717) is 41.4 Å². The highest BCUT2D eigenvalue weighted by atomic mass is 16.3. The normalized spacial score (nSPS) is 18.1. The zero-order chi connectivity index (χ0) is 20.0. The molecule has 29 heavy (non-hydrogen) atoms. The summed E-state index contributed by atoms with van der Waals surface area (Å²) in [4.78, 5) is 34.4. The fourth-order valence-corrected chi connectivity index (χ4v) is 3.69. The first-order chi connectivity index (χ1) is 14.0. The van der Waals surface area contributed by atoms with Gasteiger partial charge in [0.1, 0.15) is 24.2 Å². The average molecular weight is 393 g/mol. The van der Waals surface area contributed by atoms with Crippen molar-refractivity contribution >= 4 is 28.5 Å². The second kappa shape index (κ2) is 6.68. The zero-order valence-electron chi connectivity index (χ0n) is 16.6. The van der Waals surface area contributed by atoms with Gasteiger partial charge >= 0.3 is 0 Å². The maximum atomic E-state index is 13.3. The number of nitrogens with one attached hydrogen (secondary N) is 1. The monoisotopic (exact) mass is 393 g/mol. The first-order valence-electron chi connectivity index (χ1n) is 9.86. The molecule has 150 valence electrons. The van der Waals surface area contributed by atoms with E-state index in [1.807, 2.05) is 11.8 Å². The van der Waals surface area contributed by atoms with E-state index < -0.39 is 0 Å². The second-order valence-corrected chi connectivity index (χ2v) is 8.01. The molecule has 1 N–H and O–H groups in total. The molecule has 0 bridgehead atoms. The molecule has 0 radical (unpaired) electrons. The largest absolute Gasteiger partial charge is 0.445 e. The van der Waals surface area contributed by atoms with Gasteiger partial charge in [-0.25, -0.2) is 15.0 Å². The molecule has 1 saturated carbocycles.